The molecule has 1 aromatic heterocycles. The van der Waals surface area contributed by atoms with Gasteiger partial charge in [-0.25, -0.2) is 5.06 Å². The highest BCUT2D eigenvalue weighted by Gasteiger charge is 2.15. The molecule has 0 saturated carbocycles. The largest absolute Gasteiger partial charge is 0.287 e. The van der Waals surface area contributed by atoms with Gasteiger partial charge < -0.3 is 0 Å². The van der Waals surface area contributed by atoms with Crippen molar-refractivity contribution in [1.82, 2.24) is 5.06 Å². The molecule has 4 heteroatoms. The van der Waals surface area contributed by atoms with Gasteiger partial charge in [0, 0.05) is 7.05 Å². The van der Waals surface area contributed by atoms with Crippen LogP contribution in [-0.4, -0.2) is 25.1 Å². The number of carbonyl (C=O) groups excluding carboxylic acids is 1. The summed E-state index contributed by atoms with van der Waals surface area (Å²) in [6.07, 6.45) is 0.877. The van der Waals surface area contributed by atoms with Crippen LogP contribution in [0, 0.1) is 0 Å². The SMILES string of the molecule is CCc1ccsc1C(=O)N(C)OC. The fourth-order valence-electron chi connectivity index (χ4n) is 1.03. The summed E-state index contributed by atoms with van der Waals surface area (Å²) in [7, 11) is 3.10. The van der Waals surface area contributed by atoms with Gasteiger partial charge in [0.05, 0.1) is 12.0 Å². The summed E-state index contributed by atoms with van der Waals surface area (Å²) in [6, 6.07) is 1.97. The van der Waals surface area contributed by atoms with Gasteiger partial charge in [0.15, 0.2) is 0 Å². The Morgan fingerprint density at radius 2 is 2.38 bits per heavy atom. The van der Waals surface area contributed by atoms with Crippen molar-refractivity contribution in [3.05, 3.63) is 21.9 Å². The second-order valence-electron chi connectivity index (χ2n) is 2.61. The van der Waals surface area contributed by atoms with Crippen molar-refractivity contribution in [1.29, 1.82) is 0 Å². The van der Waals surface area contributed by atoms with E-state index in [2.05, 4.69) is 0 Å². The lowest BCUT2D eigenvalue weighted by Crippen LogP contribution is -2.25. The number of hydrogen-bond acceptors (Lipinski definition) is 3. The van der Waals surface area contributed by atoms with Crippen molar-refractivity contribution in [2.45, 2.75) is 13.3 Å². The summed E-state index contributed by atoms with van der Waals surface area (Å²) in [5.74, 6) is -0.0747. The van der Waals surface area contributed by atoms with Crippen LogP contribution < -0.4 is 0 Å². The maximum absolute atomic E-state index is 11.6. The molecule has 0 unspecified atom stereocenters. The zero-order valence-corrected chi connectivity index (χ0v) is 8.85. The Bertz CT molecular complexity index is 296. The van der Waals surface area contributed by atoms with E-state index in [9.17, 15) is 4.79 Å². The van der Waals surface area contributed by atoms with E-state index in [1.165, 1.54) is 23.5 Å². The van der Waals surface area contributed by atoms with Crippen molar-refractivity contribution in [2.24, 2.45) is 0 Å². The summed E-state index contributed by atoms with van der Waals surface area (Å²) in [4.78, 5) is 17.2. The lowest BCUT2D eigenvalue weighted by Gasteiger charge is -2.12. The summed E-state index contributed by atoms with van der Waals surface area (Å²) in [5, 5.41) is 3.17. The van der Waals surface area contributed by atoms with Gasteiger partial charge in [-0.15, -0.1) is 11.3 Å². The van der Waals surface area contributed by atoms with E-state index >= 15 is 0 Å². The molecule has 0 saturated heterocycles. The third-order valence-electron chi connectivity index (χ3n) is 1.88. The van der Waals surface area contributed by atoms with Crippen LogP contribution in [0.4, 0.5) is 0 Å². The van der Waals surface area contributed by atoms with E-state index in [1.807, 2.05) is 18.4 Å². The molecule has 13 heavy (non-hydrogen) atoms. The van der Waals surface area contributed by atoms with Crippen LogP contribution in [0.1, 0.15) is 22.2 Å². The van der Waals surface area contributed by atoms with Crippen LogP contribution in [0.5, 0.6) is 0 Å². The molecular weight excluding hydrogens is 186 g/mol. The van der Waals surface area contributed by atoms with Crippen LogP contribution in [-0.2, 0) is 11.3 Å². The molecule has 0 aliphatic heterocycles. The zero-order valence-electron chi connectivity index (χ0n) is 8.03. The monoisotopic (exact) mass is 199 g/mol. The molecule has 0 fully saturated rings. The van der Waals surface area contributed by atoms with E-state index in [-0.39, 0.29) is 5.91 Å². The maximum Gasteiger partial charge on any atom is 0.287 e. The summed E-state index contributed by atoms with van der Waals surface area (Å²) >= 11 is 1.45. The number of hydroxylamine groups is 2. The highest BCUT2D eigenvalue weighted by Crippen LogP contribution is 2.18. The topological polar surface area (TPSA) is 29.5 Å². The third kappa shape index (κ3) is 2.08. The van der Waals surface area contributed by atoms with Gasteiger partial charge in [-0.1, -0.05) is 6.92 Å². The number of nitrogens with zero attached hydrogens (tertiary/aromatic N) is 1. The number of thiophene rings is 1. The lowest BCUT2D eigenvalue weighted by molar-refractivity contribution is -0.0754. The van der Waals surface area contributed by atoms with Crippen molar-refractivity contribution < 1.29 is 9.63 Å². The van der Waals surface area contributed by atoms with E-state index in [1.54, 1.807) is 7.05 Å². The number of aryl methyl sites for hydroxylation is 1. The first-order valence-electron chi connectivity index (χ1n) is 4.09. The van der Waals surface area contributed by atoms with Gasteiger partial charge in [-0.3, -0.25) is 9.63 Å². The molecule has 1 amide bonds. The standard InChI is InChI=1S/C9H13NO2S/c1-4-7-5-6-13-8(7)9(11)10(2)12-3/h5-6H,4H2,1-3H3. The van der Waals surface area contributed by atoms with E-state index in [0.29, 0.717) is 0 Å². The highest BCUT2D eigenvalue weighted by molar-refractivity contribution is 7.12. The molecule has 0 aliphatic rings. The minimum absolute atomic E-state index is 0.0747. The van der Waals surface area contributed by atoms with Gasteiger partial charge in [-0.2, -0.15) is 0 Å². The van der Waals surface area contributed by atoms with Gasteiger partial charge in [-0.05, 0) is 23.4 Å². The van der Waals surface area contributed by atoms with Crippen LogP contribution in [0.25, 0.3) is 0 Å². The maximum atomic E-state index is 11.6. The zero-order chi connectivity index (χ0) is 9.84. The van der Waals surface area contributed by atoms with Crippen molar-refractivity contribution in [3.63, 3.8) is 0 Å². The van der Waals surface area contributed by atoms with Crippen molar-refractivity contribution >= 4 is 17.2 Å². The van der Waals surface area contributed by atoms with Crippen molar-refractivity contribution in [2.75, 3.05) is 14.2 Å². The number of amides is 1. The fourth-order valence-corrected chi connectivity index (χ4v) is 1.99. The van der Waals surface area contributed by atoms with Gasteiger partial charge >= 0.3 is 0 Å². The third-order valence-corrected chi connectivity index (χ3v) is 2.83. The van der Waals surface area contributed by atoms with Crippen molar-refractivity contribution in [3.8, 4) is 0 Å². The number of hydrogen-bond donors (Lipinski definition) is 0. The second-order valence-corrected chi connectivity index (χ2v) is 3.53. The Morgan fingerprint density at radius 1 is 1.69 bits per heavy atom. The van der Waals surface area contributed by atoms with Gasteiger partial charge in [0.25, 0.3) is 5.91 Å². The van der Waals surface area contributed by atoms with Gasteiger partial charge in [0.1, 0.15) is 0 Å². The second kappa shape index (κ2) is 4.39. The smallest absolute Gasteiger partial charge is 0.274 e. The Hall–Kier alpha value is -0.870. The first kappa shape index (κ1) is 10.2. The minimum atomic E-state index is -0.0747. The van der Waals surface area contributed by atoms with Crippen LogP contribution in [0.3, 0.4) is 0 Å². The van der Waals surface area contributed by atoms with Crippen LogP contribution in [0.2, 0.25) is 0 Å². The lowest BCUT2D eigenvalue weighted by atomic mass is 10.2. The molecule has 0 aliphatic carbocycles. The first-order valence-corrected chi connectivity index (χ1v) is 4.97. The molecule has 0 radical (unpaired) electrons. The van der Waals surface area contributed by atoms with E-state index < -0.39 is 0 Å². The average molecular weight is 199 g/mol. The predicted molar refractivity (Wildman–Crippen MR) is 52.8 cm³/mol. The van der Waals surface area contributed by atoms with Crippen LogP contribution in [0.15, 0.2) is 11.4 Å². The van der Waals surface area contributed by atoms with Gasteiger partial charge in [0.2, 0.25) is 0 Å². The number of rotatable bonds is 3. The molecule has 0 bridgehead atoms. The molecular formula is C9H13NO2S. The molecule has 1 aromatic rings. The highest BCUT2D eigenvalue weighted by atomic mass is 32.1. The quantitative estimate of drug-likeness (QED) is 0.696. The Kier molecular flexibility index (Phi) is 3.45. The number of carbonyl (C=O) groups is 1. The molecule has 0 aromatic carbocycles. The normalized spacial score (nSPS) is 10.1. The van der Waals surface area contributed by atoms with Crippen LogP contribution >= 0.6 is 11.3 Å². The van der Waals surface area contributed by atoms with E-state index in [0.717, 1.165) is 16.9 Å². The molecule has 0 N–H and O–H groups in total. The molecule has 0 spiro atoms. The fraction of sp³-hybridized carbons (Fsp3) is 0.444. The molecule has 1 heterocycles. The first-order chi connectivity index (χ1) is 6.20. The summed E-state index contributed by atoms with van der Waals surface area (Å²) in [6.45, 7) is 2.03. The van der Waals surface area contributed by atoms with E-state index in [4.69, 9.17) is 4.84 Å². The summed E-state index contributed by atoms with van der Waals surface area (Å²) < 4.78 is 0. The Labute approximate surface area is 81.9 Å². The Balaban J connectivity index is 2.88. The Morgan fingerprint density at radius 3 is 2.92 bits per heavy atom. The summed E-state index contributed by atoms with van der Waals surface area (Å²) in [5.41, 5.74) is 1.08. The molecule has 3 nitrogen and oxygen atoms in total. The molecule has 1 rings (SSSR count). The molecule has 72 valence electrons. The minimum Gasteiger partial charge on any atom is -0.274 e. The predicted octanol–water partition coefficient (Wildman–Crippen LogP) is 1.94. The molecule has 0 atom stereocenters. The average Bonchev–Trinajstić information content (AvgIpc) is 2.62.